The Morgan fingerprint density at radius 3 is 2.44 bits per heavy atom. The second-order valence-corrected chi connectivity index (χ2v) is 16.1. The summed E-state index contributed by atoms with van der Waals surface area (Å²) < 4.78 is 89.8. The van der Waals surface area contributed by atoms with Crippen LogP contribution in [0.15, 0.2) is 42.5 Å². The van der Waals surface area contributed by atoms with Gasteiger partial charge in [-0.3, -0.25) is 9.48 Å². The maximum absolute atomic E-state index is 14.3. The van der Waals surface area contributed by atoms with Crippen LogP contribution in [0.2, 0.25) is 5.02 Å². The van der Waals surface area contributed by atoms with Gasteiger partial charge in [0.25, 0.3) is 0 Å². The Bertz CT molecular complexity index is 2080. The second kappa shape index (κ2) is 16.7. The number of amides is 2. The Balaban J connectivity index is 1.74. The number of pyridine rings is 1. The number of aromatic nitrogens is 3. The minimum Gasteiger partial charge on any atom is -0.615 e. The number of nitrogens with one attached hydrogen (secondary N) is 2. The first-order valence-electron chi connectivity index (χ1n) is 16.4. The van der Waals surface area contributed by atoms with Crippen LogP contribution in [0.1, 0.15) is 49.7 Å². The molecular weight excluding hydrogens is 775 g/mol. The van der Waals surface area contributed by atoms with E-state index >= 15 is 0 Å². The number of hydrogen-bond acceptors (Lipinski definition) is 8. The highest BCUT2D eigenvalue weighted by Crippen LogP contribution is 2.43. The van der Waals surface area contributed by atoms with E-state index in [1.807, 2.05) is 0 Å². The molecule has 0 saturated heterocycles. The fourth-order valence-corrected chi connectivity index (χ4v) is 6.77. The van der Waals surface area contributed by atoms with Crippen LogP contribution in [0.3, 0.4) is 0 Å². The zero-order valence-electron chi connectivity index (χ0n) is 29.7. The lowest BCUT2D eigenvalue weighted by atomic mass is 9.89. The Kier molecular flexibility index (Phi) is 12.7. The molecule has 0 radical (unpaired) electrons. The number of anilines is 1. The smallest absolute Gasteiger partial charge is 0.426 e. The first-order valence-corrected chi connectivity index (χ1v) is 19.6. The normalized spacial score (nSPS) is 16.9. The molecule has 0 aliphatic heterocycles. The molecule has 2 atom stereocenters. The summed E-state index contributed by atoms with van der Waals surface area (Å²) in [4.78, 5) is 30.1. The van der Waals surface area contributed by atoms with Crippen molar-refractivity contribution in [3.63, 3.8) is 0 Å². The Morgan fingerprint density at radius 2 is 1.85 bits per heavy atom. The van der Waals surface area contributed by atoms with Crippen molar-refractivity contribution in [2.45, 2.75) is 68.8 Å². The highest BCUT2D eigenvalue weighted by molar-refractivity contribution is 8.00. The minimum absolute atomic E-state index is 0.000480. The average molecular weight is 811 g/mol. The number of ether oxygens (including phenoxy) is 1. The van der Waals surface area contributed by atoms with Gasteiger partial charge < -0.3 is 19.9 Å². The Morgan fingerprint density at radius 1 is 1.19 bits per heavy atom. The number of carbonyl (C=O) groups excluding carboxylic acids is 2. The zero-order valence-corrected chi connectivity index (χ0v) is 32.1. The summed E-state index contributed by atoms with van der Waals surface area (Å²) in [5.74, 6) is 3.87. The first-order chi connectivity index (χ1) is 25.4. The molecule has 1 saturated carbocycles. The van der Waals surface area contributed by atoms with Crippen LogP contribution in [0.4, 0.5) is 32.6 Å². The molecule has 2 heterocycles. The predicted molar refractivity (Wildman–Crippen MR) is 199 cm³/mol. The van der Waals surface area contributed by atoms with Gasteiger partial charge in [-0.2, -0.15) is 22.6 Å². The van der Waals surface area contributed by atoms with Gasteiger partial charge in [0.15, 0.2) is 10.6 Å². The van der Waals surface area contributed by atoms with Gasteiger partial charge in [-0.25, -0.2) is 18.6 Å². The molecule has 5 rings (SSSR count). The number of fused-ring (bicyclic) bond motifs is 1. The van der Waals surface area contributed by atoms with E-state index in [2.05, 4.69) is 27.6 Å². The van der Waals surface area contributed by atoms with E-state index in [1.165, 1.54) is 36.8 Å². The van der Waals surface area contributed by atoms with E-state index in [0.717, 1.165) is 28.4 Å². The fourth-order valence-electron chi connectivity index (χ4n) is 5.85. The van der Waals surface area contributed by atoms with Crippen LogP contribution >= 0.6 is 23.5 Å². The van der Waals surface area contributed by atoms with Crippen LogP contribution in [0.25, 0.3) is 22.0 Å². The topological polar surface area (TPSA) is 124 Å². The van der Waals surface area contributed by atoms with Gasteiger partial charge in [-0.15, -0.1) is 0 Å². The zero-order chi connectivity index (χ0) is 39.5. The van der Waals surface area contributed by atoms with Gasteiger partial charge in [0, 0.05) is 29.5 Å². The van der Waals surface area contributed by atoms with Gasteiger partial charge in [-0.05, 0) is 111 Å². The van der Waals surface area contributed by atoms with Crippen molar-refractivity contribution in [1.82, 2.24) is 25.4 Å². The van der Waals surface area contributed by atoms with Crippen LogP contribution in [0.5, 0.6) is 0 Å². The molecule has 288 valence electrons. The third-order valence-corrected chi connectivity index (χ3v) is 11.4. The largest absolute Gasteiger partial charge is 0.615 e. The maximum atomic E-state index is 14.3. The van der Waals surface area contributed by atoms with E-state index < -0.39 is 58.5 Å². The molecule has 2 aromatic heterocycles. The molecule has 1 aliphatic carbocycles. The lowest BCUT2D eigenvalue weighted by molar-refractivity contribution is -0.141. The van der Waals surface area contributed by atoms with Crippen molar-refractivity contribution in [1.29, 1.82) is 0 Å². The van der Waals surface area contributed by atoms with Crippen molar-refractivity contribution >= 4 is 63.9 Å². The Hall–Kier alpha value is -4.08. The quantitative estimate of drug-likeness (QED) is 0.0511. The van der Waals surface area contributed by atoms with Crippen LogP contribution in [-0.4, -0.2) is 74.4 Å². The predicted octanol–water partition coefficient (Wildman–Crippen LogP) is 7.10. The van der Waals surface area contributed by atoms with Crippen molar-refractivity contribution < 1.29 is 40.8 Å². The van der Waals surface area contributed by atoms with Gasteiger partial charge in [0.2, 0.25) is 6.41 Å². The van der Waals surface area contributed by atoms with E-state index in [1.54, 1.807) is 20.9 Å². The molecular formula is C36H36ClF5N6O4S2. The second-order valence-electron chi connectivity index (χ2n) is 13.0. The molecule has 2 aromatic carbocycles. The molecule has 2 unspecified atom stereocenters. The molecule has 0 bridgehead atoms. The van der Waals surface area contributed by atoms with Crippen molar-refractivity contribution in [3.8, 4) is 23.0 Å². The summed E-state index contributed by atoms with van der Waals surface area (Å²) in [6.07, 6.45) is -1.72. The van der Waals surface area contributed by atoms with Crippen LogP contribution in [-0.2, 0) is 33.7 Å². The van der Waals surface area contributed by atoms with Gasteiger partial charge >= 0.3 is 12.3 Å². The number of nitrogens with zero attached hydrogens (tertiary/aromatic N) is 4. The third-order valence-electron chi connectivity index (χ3n) is 8.85. The molecule has 2 amide bonds. The average Bonchev–Trinajstić information content (AvgIpc) is 3.43. The summed E-state index contributed by atoms with van der Waals surface area (Å²) in [6.45, 7) is 1.77. The van der Waals surface area contributed by atoms with Crippen molar-refractivity contribution in [2.75, 3.05) is 23.9 Å². The first kappa shape index (κ1) is 41.1. The van der Waals surface area contributed by atoms with E-state index in [9.17, 15) is 36.1 Å². The van der Waals surface area contributed by atoms with E-state index in [4.69, 9.17) is 21.3 Å². The Labute approximate surface area is 320 Å². The summed E-state index contributed by atoms with van der Waals surface area (Å²) in [5, 5.41) is 9.95. The van der Waals surface area contributed by atoms with E-state index in [0.29, 0.717) is 30.0 Å². The van der Waals surface area contributed by atoms with Crippen molar-refractivity contribution in [3.05, 3.63) is 76.1 Å². The molecule has 54 heavy (non-hydrogen) atoms. The molecule has 1 fully saturated rings. The molecule has 0 spiro atoms. The highest BCUT2D eigenvalue weighted by atomic mass is 35.5. The van der Waals surface area contributed by atoms with Crippen LogP contribution < -0.4 is 14.9 Å². The van der Waals surface area contributed by atoms with Gasteiger partial charge in [-0.1, -0.05) is 17.7 Å². The minimum atomic E-state index is -4.77. The lowest BCUT2D eigenvalue weighted by Crippen LogP contribution is -2.45. The third kappa shape index (κ3) is 9.40. The van der Waals surface area contributed by atoms with E-state index in [-0.39, 0.29) is 62.3 Å². The summed E-state index contributed by atoms with van der Waals surface area (Å²) >= 11 is 6.21. The number of benzene rings is 2. The summed E-state index contributed by atoms with van der Waals surface area (Å²) in [6, 6.07) is 7.80. The molecule has 10 nitrogen and oxygen atoms in total. The van der Waals surface area contributed by atoms with Gasteiger partial charge in [0.05, 0.1) is 33.9 Å². The van der Waals surface area contributed by atoms with Crippen LogP contribution in [0, 0.1) is 23.5 Å². The molecule has 1 aliphatic rings. The van der Waals surface area contributed by atoms with Gasteiger partial charge in [0.1, 0.15) is 30.0 Å². The molecule has 4 aromatic rings. The fraction of sp³-hybridized carbons (Fsp3) is 0.389. The van der Waals surface area contributed by atoms with Crippen molar-refractivity contribution in [2.24, 2.45) is 0 Å². The summed E-state index contributed by atoms with van der Waals surface area (Å²) in [7, 11) is 1.78. The number of hydrogen-bond donors (Lipinski definition) is 2. The number of halogens is 6. The standard InChI is InChI=1S/C36H36ClF5N6O4S2/c1-35(2,54(5)51)11-10-23-6-7-26(31(45-23)29(44-19-49)14-20-12-21(38)15-22(39)13-20)27-8-9-28(37)30-32(27)47(18-36(40,41)42)46-33(30)48(53-4)34(50)52-25-16-24(17-25)43-3/h6-9,12-13,15,19,24-25,29,43H,14,16-18H2,1-5H3,(H,44,49)/t24-,25+,29?,54?. The lowest BCUT2D eigenvalue weighted by Gasteiger charge is -2.35. The summed E-state index contributed by atoms with van der Waals surface area (Å²) in [5.41, 5.74) is 0.569. The number of rotatable bonds is 12. The highest BCUT2D eigenvalue weighted by Gasteiger charge is 2.37. The number of alkyl halides is 3. The molecule has 2 N–H and O–H groups in total. The molecule has 18 heteroatoms. The SMILES string of the molecule is CN[C@H]1C[C@@H](OC(=O)N(SC)c2nn(CC(F)(F)F)c3c(-c4ccc(C#CC(C)(C)[S+](C)[O-])nc4C(Cc4cc(F)cc(F)c4)NC=O)ccc(Cl)c23)C1. The monoisotopic (exact) mass is 810 g/mol. The number of carbonyl (C=O) groups is 2. The maximum Gasteiger partial charge on any atom is 0.426 e.